The average molecular weight is 340 g/mol. The highest BCUT2D eigenvalue weighted by Crippen LogP contribution is 2.20. The number of benzene rings is 2. The van der Waals surface area contributed by atoms with Crippen LogP contribution < -0.4 is 5.69 Å². The number of nitrogens with zero attached hydrogens (tertiary/aromatic N) is 2. The molecule has 0 bridgehead atoms. The molecule has 1 aromatic heterocycles. The van der Waals surface area contributed by atoms with Gasteiger partial charge in [0.1, 0.15) is 0 Å². The lowest BCUT2D eigenvalue weighted by molar-refractivity contribution is 0.386. The molecule has 0 amide bonds. The smallest absolute Gasteiger partial charge is 0.331 e. The first-order valence-electron chi connectivity index (χ1n) is 7.88. The van der Waals surface area contributed by atoms with Gasteiger partial charge in [0.05, 0.1) is 18.8 Å². The molecule has 124 valence electrons. The Kier molecular flexibility index (Phi) is 5.11. The van der Waals surface area contributed by atoms with Crippen molar-refractivity contribution < 1.29 is 5.11 Å². The Bertz CT molecular complexity index is 841. The number of imidazole rings is 1. The summed E-state index contributed by atoms with van der Waals surface area (Å²) >= 11 is 4.38. The lowest BCUT2D eigenvalue weighted by atomic mass is 10.1. The second-order valence-corrected chi connectivity index (χ2v) is 6.14. The minimum absolute atomic E-state index is 0.0223. The molecule has 0 radical (unpaired) electrons. The molecule has 24 heavy (non-hydrogen) atoms. The van der Waals surface area contributed by atoms with Crippen molar-refractivity contribution in [1.29, 1.82) is 0 Å². The molecule has 0 aliphatic carbocycles. The van der Waals surface area contributed by atoms with Crippen molar-refractivity contribution in [3.8, 4) is 5.88 Å². The predicted octanol–water partition coefficient (Wildman–Crippen LogP) is 3.12. The van der Waals surface area contributed by atoms with E-state index in [1.54, 1.807) is 0 Å². The Morgan fingerprint density at radius 2 is 1.54 bits per heavy atom. The molecule has 0 fully saturated rings. The molecule has 0 saturated carbocycles. The summed E-state index contributed by atoms with van der Waals surface area (Å²) in [5.41, 5.74) is 1.91. The van der Waals surface area contributed by atoms with Gasteiger partial charge in [0, 0.05) is 5.75 Å². The topological polar surface area (TPSA) is 47.2 Å². The number of hydrogen-bond donors (Lipinski definition) is 2. The molecule has 0 aliphatic rings. The van der Waals surface area contributed by atoms with Gasteiger partial charge in [-0.3, -0.25) is 9.13 Å². The molecule has 0 spiro atoms. The quantitative estimate of drug-likeness (QED) is 0.677. The summed E-state index contributed by atoms with van der Waals surface area (Å²) in [5.74, 6) is 0.448. The van der Waals surface area contributed by atoms with Gasteiger partial charge in [0.2, 0.25) is 5.88 Å². The molecule has 5 heteroatoms. The Hall–Kier alpha value is -2.40. The van der Waals surface area contributed by atoms with Crippen LogP contribution in [0, 0.1) is 0 Å². The highest BCUT2D eigenvalue weighted by Gasteiger charge is 2.19. The molecular formula is C19H20N2O2S. The van der Waals surface area contributed by atoms with Crippen molar-refractivity contribution in [1.82, 2.24) is 9.13 Å². The molecule has 0 saturated heterocycles. The van der Waals surface area contributed by atoms with Crippen LogP contribution in [-0.4, -0.2) is 20.0 Å². The fourth-order valence-electron chi connectivity index (χ4n) is 2.85. The summed E-state index contributed by atoms with van der Waals surface area (Å²) in [5, 5.41) is 10.3. The van der Waals surface area contributed by atoms with E-state index in [4.69, 9.17) is 0 Å². The highest BCUT2D eigenvalue weighted by atomic mass is 32.1. The summed E-state index contributed by atoms with van der Waals surface area (Å²) in [4.78, 5) is 12.7. The van der Waals surface area contributed by atoms with Crippen molar-refractivity contribution in [2.24, 2.45) is 0 Å². The maximum atomic E-state index is 12.7. The van der Waals surface area contributed by atoms with Gasteiger partial charge in [-0.05, 0) is 17.5 Å². The Morgan fingerprint density at radius 3 is 2.12 bits per heavy atom. The van der Waals surface area contributed by atoms with E-state index in [1.807, 2.05) is 60.7 Å². The Morgan fingerprint density at radius 1 is 0.958 bits per heavy atom. The fraction of sp³-hybridized carbons (Fsp3) is 0.211. The number of hydrogen-bond acceptors (Lipinski definition) is 3. The fourth-order valence-corrected chi connectivity index (χ4v) is 3.15. The average Bonchev–Trinajstić information content (AvgIpc) is 2.88. The third-order valence-electron chi connectivity index (χ3n) is 4.06. The van der Waals surface area contributed by atoms with Crippen LogP contribution in [0.4, 0.5) is 0 Å². The molecule has 1 unspecified atom stereocenters. The molecule has 3 aromatic rings. The molecular weight excluding hydrogens is 320 g/mol. The largest absolute Gasteiger partial charge is 0.493 e. The second kappa shape index (κ2) is 7.45. The van der Waals surface area contributed by atoms with Gasteiger partial charge >= 0.3 is 5.69 Å². The summed E-state index contributed by atoms with van der Waals surface area (Å²) in [6.07, 6.45) is 2.14. The number of aromatic hydroxyl groups is 1. The van der Waals surface area contributed by atoms with Crippen LogP contribution in [0.1, 0.15) is 17.2 Å². The summed E-state index contributed by atoms with van der Waals surface area (Å²) in [7, 11) is 0. The number of thiol groups is 1. The zero-order valence-electron chi connectivity index (χ0n) is 13.2. The van der Waals surface area contributed by atoms with Crippen LogP contribution in [0.2, 0.25) is 0 Å². The SMILES string of the molecule is O=c1n(Cc2ccccc2)cc(O)n1C(CS)Cc1ccccc1. The van der Waals surface area contributed by atoms with Gasteiger partial charge in [0.15, 0.2) is 0 Å². The van der Waals surface area contributed by atoms with Crippen molar-refractivity contribution >= 4 is 12.6 Å². The highest BCUT2D eigenvalue weighted by molar-refractivity contribution is 7.80. The van der Waals surface area contributed by atoms with Crippen molar-refractivity contribution in [2.75, 3.05) is 5.75 Å². The molecule has 0 aliphatic heterocycles. The summed E-state index contributed by atoms with van der Waals surface area (Å²) in [6, 6.07) is 19.4. The molecule has 1 atom stereocenters. The maximum absolute atomic E-state index is 12.7. The minimum atomic E-state index is -0.216. The second-order valence-electron chi connectivity index (χ2n) is 5.78. The monoisotopic (exact) mass is 340 g/mol. The van der Waals surface area contributed by atoms with Crippen LogP contribution in [-0.2, 0) is 13.0 Å². The van der Waals surface area contributed by atoms with Crippen LogP contribution in [0.5, 0.6) is 5.88 Å². The first kappa shape index (κ1) is 16.5. The van der Waals surface area contributed by atoms with E-state index >= 15 is 0 Å². The first-order valence-corrected chi connectivity index (χ1v) is 8.51. The molecule has 1 N–H and O–H groups in total. The van der Waals surface area contributed by atoms with E-state index in [1.165, 1.54) is 15.3 Å². The van der Waals surface area contributed by atoms with E-state index in [-0.39, 0.29) is 17.6 Å². The van der Waals surface area contributed by atoms with Gasteiger partial charge < -0.3 is 5.11 Å². The van der Waals surface area contributed by atoms with Crippen molar-refractivity contribution in [3.63, 3.8) is 0 Å². The van der Waals surface area contributed by atoms with Crippen molar-refractivity contribution in [3.05, 3.63) is 88.5 Å². The zero-order valence-corrected chi connectivity index (χ0v) is 14.1. The summed E-state index contributed by atoms with van der Waals surface area (Å²) < 4.78 is 2.97. The van der Waals surface area contributed by atoms with Crippen LogP contribution in [0.3, 0.4) is 0 Å². The normalized spacial score (nSPS) is 12.2. The van der Waals surface area contributed by atoms with Gasteiger partial charge in [-0.2, -0.15) is 12.6 Å². The first-order chi connectivity index (χ1) is 11.7. The van der Waals surface area contributed by atoms with Crippen molar-refractivity contribution in [2.45, 2.75) is 19.0 Å². The van der Waals surface area contributed by atoms with Crippen LogP contribution in [0.15, 0.2) is 71.7 Å². The number of aromatic nitrogens is 2. The molecule has 2 aromatic carbocycles. The van der Waals surface area contributed by atoms with E-state index in [2.05, 4.69) is 12.6 Å². The predicted molar refractivity (Wildman–Crippen MR) is 98.9 cm³/mol. The maximum Gasteiger partial charge on any atom is 0.331 e. The van der Waals surface area contributed by atoms with Crippen LogP contribution >= 0.6 is 12.6 Å². The summed E-state index contributed by atoms with van der Waals surface area (Å²) in [6.45, 7) is 0.435. The third-order valence-corrected chi connectivity index (χ3v) is 4.48. The lowest BCUT2D eigenvalue weighted by Gasteiger charge is -2.16. The molecule has 3 rings (SSSR count). The van der Waals surface area contributed by atoms with Gasteiger partial charge in [-0.25, -0.2) is 4.79 Å². The van der Waals surface area contributed by atoms with E-state index in [0.717, 1.165) is 11.1 Å². The van der Waals surface area contributed by atoms with Gasteiger partial charge in [-0.1, -0.05) is 60.7 Å². The third kappa shape index (κ3) is 3.57. The minimum Gasteiger partial charge on any atom is -0.493 e. The van der Waals surface area contributed by atoms with E-state index in [0.29, 0.717) is 18.7 Å². The van der Waals surface area contributed by atoms with Crippen LogP contribution in [0.25, 0.3) is 0 Å². The number of rotatable bonds is 6. The molecule has 4 nitrogen and oxygen atoms in total. The van der Waals surface area contributed by atoms with Gasteiger partial charge in [0.25, 0.3) is 0 Å². The van der Waals surface area contributed by atoms with Gasteiger partial charge in [-0.15, -0.1) is 0 Å². The molecule has 1 heterocycles. The Balaban J connectivity index is 1.88. The standard InChI is InChI=1S/C19H20N2O2S/c22-18-13-20(12-16-9-5-2-6-10-16)19(23)21(18)17(14-24)11-15-7-3-1-4-8-15/h1-10,13,17,22,24H,11-12,14H2. The Labute approximate surface area is 146 Å². The van der Waals surface area contributed by atoms with E-state index in [9.17, 15) is 9.90 Å². The van der Waals surface area contributed by atoms with E-state index < -0.39 is 0 Å². The zero-order chi connectivity index (χ0) is 16.9. The lowest BCUT2D eigenvalue weighted by Crippen LogP contribution is -2.29.